The van der Waals surface area contributed by atoms with Crippen molar-refractivity contribution < 1.29 is 9.18 Å². The van der Waals surface area contributed by atoms with Gasteiger partial charge in [-0.15, -0.1) is 0 Å². The zero-order chi connectivity index (χ0) is 15.2. The van der Waals surface area contributed by atoms with Gasteiger partial charge in [-0.25, -0.2) is 9.37 Å². The fourth-order valence-corrected chi connectivity index (χ4v) is 2.20. The van der Waals surface area contributed by atoms with Gasteiger partial charge >= 0.3 is 0 Å². The lowest BCUT2D eigenvalue weighted by molar-refractivity contribution is 0.0954. The molecule has 1 aromatic heterocycles. The average Bonchev–Trinajstić information content (AvgIpc) is 2.48. The van der Waals surface area contributed by atoms with Gasteiger partial charge in [0.25, 0.3) is 5.91 Å². The van der Waals surface area contributed by atoms with Crippen molar-refractivity contribution in [2.24, 2.45) is 0 Å². The number of aryl methyl sites for hydroxylation is 1. The minimum absolute atomic E-state index is 0.231. The summed E-state index contributed by atoms with van der Waals surface area (Å²) in [5.74, 6) is -0.489. The fourth-order valence-electron chi connectivity index (χ4n) is 1.98. The molecular weight excluding hydrogens is 291 g/mol. The predicted molar refractivity (Wildman–Crippen MR) is 81.1 cm³/mol. The molecule has 0 aliphatic heterocycles. The van der Waals surface area contributed by atoms with E-state index in [4.69, 9.17) is 11.6 Å². The number of aromatic nitrogens is 1. The molecule has 1 aromatic carbocycles. The molecule has 1 amide bonds. The monoisotopic (exact) mass is 306 g/mol. The third-order valence-corrected chi connectivity index (χ3v) is 3.30. The number of rotatable bonds is 5. The van der Waals surface area contributed by atoms with Gasteiger partial charge in [0.1, 0.15) is 11.0 Å². The third-order valence-electron chi connectivity index (χ3n) is 3.11. The van der Waals surface area contributed by atoms with Crippen LogP contribution in [0.15, 0.2) is 36.4 Å². The second kappa shape index (κ2) is 7.18. The molecule has 3 nitrogen and oxygen atoms in total. The van der Waals surface area contributed by atoms with Crippen LogP contribution in [0.3, 0.4) is 0 Å². The van der Waals surface area contributed by atoms with E-state index in [1.807, 2.05) is 6.92 Å². The normalized spacial score (nSPS) is 10.4. The van der Waals surface area contributed by atoms with Crippen LogP contribution in [0.2, 0.25) is 5.15 Å². The second-order valence-corrected chi connectivity index (χ2v) is 5.01. The highest BCUT2D eigenvalue weighted by molar-refractivity contribution is 6.29. The highest BCUT2D eigenvalue weighted by Crippen LogP contribution is 2.12. The SMILES string of the molecule is CCc1cc(C(=O)NCCc2ccccc2F)cc(Cl)n1. The third kappa shape index (κ3) is 4.26. The molecule has 2 rings (SSSR count). The molecule has 0 saturated heterocycles. The number of nitrogens with zero attached hydrogens (tertiary/aromatic N) is 1. The molecule has 0 spiro atoms. The van der Waals surface area contributed by atoms with Gasteiger partial charge in [-0.3, -0.25) is 4.79 Å². The van der Waals surface area contributed by atoms with Gasteiger partial charge in [0, 0.05) is 17.8 Å². The molecule has 1 heterocycles. The van der Waals surface area contributed by atoms with Crippen LogP contribution in [-0.4, -0.2) is 17.4 Å². The van der Waals surface area contributed by atoms with Gasteiger partial charge in [0.2, 0.25) is 0 Å². The largest absolute Gasteiger partial charge is 0.352 e. The molecule has 0 fully saturated rings. The molecule has 110 valence electrons. The van der Waals surface area contributed by atoms with Crippen molar-refractivity contribution in [2.45, 2.75) is 19.8 Å². The van der Waals surface area contributed by atoms with Crippen LogP contribution in [-0.2, 0) is 12.8 Å². The second-order valence-electron chi connectivity index (χ2n) is 4.62. The number of carbonyl (C=O) groups excluding carboxylic acids is 1. The molecule has 2 aromatic rings. The molecule has 0 atom stereocenters. The Bertz CT molecular complexity index is 646. The van der Waals surface area contributed by atoms with E-state index >= 15 is 0 Å². The van der Waals surface area contributed by atoms with E-state index in [1.54, 1.807) is 24.3 Å². The van der Waals surface area contributed by atoms with Crippen LogP contribution in [0.4, 0.5) is 4.39 Å². The van der Waals surface area contributed by atoms with E-state index in [9.17, 15) is 9.18 Å². The Kier molecular flexibility index (Phi) is 5.28. The van der Waals surface area contributed by atoms with Gasteiger partial charge in [-0.05, 0) is 36.6 Å². The molecule has 1 N–H and O–H groups in total. The summed E-state index contributed by atoms with van der Waals surface area (Å²) in [4.78, 5) is 16.2. The molecule has 21 heavy (non-hydrogen) atoms. The molecule has 0 aliphatic rings. The lowest BCUT2D eigenvalue weighted by Crippen LogP contribution is -2.26. The van der Waals surface area contributed by atoms with Crippen LogP contribution < -0.4 is 5.32 Å². The number of pyridine rings is 1. The number of carbonyl (C=O) groups is 1. The quantitative estimate of drug-likeness (QED) is 0.860. The fraction of sp³-hybridized carbons (Fsp3) is 0.250. The molecule has 0 bridgehead atoms. The summed E-state index contributed by atoms with van der Waals surface area (Å²) in [6.45, 7) is 2.31. The van der Waals surface area contributed by atoms with Crippen LogP contribution in [0.5, 0.6) is 0 Å². The average molecular weight is 307 g/mol. The molecule has 0 radical (unpaired) electrons. The molecular formula is C16H16ClFN2O. The van der Waals surface area contributed by atoms with Crippen LogP contribution >= 0.6 is 11.6 Å². The van der Waals surface area contributed by atoms with Crippen molar-refractivity contribution in [3.8, 4) is 0 Å². The summed E-state index contributed by atoms with van der Waals surface area (Å²) in [6, 6.07) is 9.77. The van der Waals surface area contributed by atoms with Crippen molar-refractivity contribution in [1.82, 2.24) is 10.3 Å². The number of hydrogen-bond donors (Lipinski definition) is 1. The zero-order valence-electron chi connectivity index (χ0n) is 11.7. The van der Waals surface area contributed by atoms with Crippen LogP contribution in [0.25, 0.3) is 0 Å². The lowest BCUT2D eigenvalue weighted by atomic mass is 10.1. The first-order valence-corrected chi connectivity index (χ1v) is 7.16. The summed E-state index contributed by atoms with van der Waals surface area (Å²) in [7, 11) is 0. The lowest BCUT2D eigenvalue weighted by Gasteiger charge is -2.07. The van der Waals surface area contributed by atoms with Gasteiger partial charge in [0.05, 0.1) is 0 Å². The summed E-state index contributed by atoms with van der Waals surface area (Å²) >= 11 is 5.88. The Hall–Kier alpha value is -1.94. The molecule has 5 heteroatoms. The smallest absolute Gasteiger partial charge is 0.251 e. The van der Waals surface area contributed by atoms with Crippen molar-refractivity contribution in [1.29, 1.82) is 0 Å². The van der Waals surface area contributed by atoms with E-state index in [1.165, 1.54) is 12.1 Å². The molecule has 0 saturated carbocycles. The first kappa shape index (κ1) is 15.4. The van der Waals surface area contributed by atoms with Gasteiger partial charge < -0.3 is 5.32 Å². The summed E-state index contributed by atoms with van der Waals surface area (Å²) < 4.78 is 13.5. The summed E-state index contributed by atoms with van der Waals surface area (Å²) in [5, 5.41) is 3.06. The minimum atomic E-state index is -0.257. The van der Waals surface area contributed by atoms with Crippen molar-refractivity contribution in [2.75, 3.05) is 6.54 Å². The van der Waals surface area contributed by atoms with E-state index in [-0.39, 0.29) is 11.7 Å². The maximum atomic E-state index is 13.5. The first-order valence-electron chi connectivity index (χ1n) is 6.78. The Morgan fingerprint density at radius 3 is 2.81 bits per heavy atom. The number of benzene rings is 1. The van der Waals surface area contributed by atoms with Crippen molar-refractivity contribution in [3.05, 3.63) is 64.2 Å². The zero-order valence-corrected chi connectivity index (χ0v) is 12.5. The number of amides is 1. The summed E-state index contributed by atoms with van der Waals surface area (Å²) in [5.41, 5.74) is 1.82. The van der Waals surface area contributed by atoms with E-state index in [2.05, 4.69) is 10.3 Å². The van der Waals surface area contributed by atoms with E-state index in [0.717, 1.165) is 5.69 Å². The van der Waals surface area contributed by atoms with E-state index < -0.39 is 0 Å². The molecule has 0 aliphatic carbocycles. The Morgan fingerprint density at radius 2 is 2.10 bits per heavy atom. The van der Waals surface area contributed by atoms with Crippen molar-refractivity contribution >= 4 is 17.5 Å². The number of halogens is 2. The predicted octanol–water partition coefficient (Wildman–Crippen LogP) is 3.41. The first-order chi connectivity index (χ1) is 10.1. The Balaban J connectivity index is 1.96. The Labute approximate surface area is 128 Å². The van der Waals surface area contributed by atoms with E-state index in [0.29, 0.717) is 35.7 Å². The summed E-state index contributed by atoms with van der Waals surface area (Å²) in [6.07, 6.45) is 1.15. The van der Waals surface area contributed by atoms with Gasteiger partial charge in [-0.2, -0.15) is 0 Å². The Morgan fingerprint density at radius 1 is 1.33 bits per heavy atom. The van der Waals surface area contributed by atoms with Gasteiger partial charge in [-0.1, -0.05) is 36.7 Å². The highest BCUT2D eigenvalue weighted by atomic mass is 35.5. The minimum Gasteiger partial charge on any atom is -0.352 e. The standard InChI is InChI=1S/C16H16ClFN2O/c1-2-13-9-12(10-15(17)20-13)16(21)19-8-7-11-5-3-4-6-14(11)18/h3-6,9-10H,2,7-8H2,1H3,(H,19,21). The molecule has 0 unspecified atom stereocenters. The topological polar surface area (TPSA) is 42.0 Å². The van der Waals surface area contributed by atoms with Crippen LogP contribution in [0, 0.1) is 5.82 Å². The van der Waals surface area contributed by atoms with Crippen molar-refractivity contribution in [3.63, 3.8) is 0 Å². The number of nitrogens with one attached hydrogen (secondary N) is 1. The van der Waals surface area contributed by atoms with Gasteiger partial charge in [0.15, 0.2) is 0 Å². The van der Waals surface area contributed by atoms with Crippen LogP contribution in [0.1, 0.15) is 28.5 Å². The highest BCUT2D eigenvalue weighted by Gasteiger charge is 2.09. The number of hydrogen-bond acceptors (Lipinski definition) is 2. The maximum absolute atomic E-state index is 13.5. The maximum Gasteiger partial charge on any atom is 0.251 e.